The van der Waals surface area contributed by atoms with E-state index in [0.717, 1.165) is 29.6 Å². The fourth-order valence-corrected chi connectivity index (χ4v) is 2.75. The van der Waals surface area contributed by atoms with Crippen molar-refractivity contribution in [2.24, 2.45) is 0 Å². The third-order valence-electron chi connectivity index (χ3n) is 3.87. The van der Waals surface area contributed by atoms with Gasteiger partial charge in [-0.25, -0.2) is 0 Å². The average Bonchev–Trinajstić information content (AvgIpc) is 2.47. The number of hydrogen-bond donors (Lipinski definition) is 2. The van der Waals surface area contributed by atoms with Crippen LogP contribution in [0.25, 0.3) is 10.9 Å². The van der Waals surface area contributed by atoms with Crippen molar-refractivity contribution in [3.05, 3.63) is 42.1 Å². The van der Waals surface area contributed by atoms with Gasteiger partial charge < -0.3 is 15.2 Å². The molecule has 2 aromatic rings. The lowest BCUT2D eigenvalue weighted by Crippen LogP contribution is -2.45. The van der Waals surface area contributed by atoms with Gasteiger partial charge in [-0.2, -0.15) is 0 Å². The summed E-state index contributed by atoms with van der Waals surface area (Å²) in [7, 11) is 0. The zero-order valence-corrected chi connectivity index (χ0v) is 11.7. The molecule has 1 fully saturated rings. The number of nitrogens with zero attached hydrogens (tertiary/aromatic N) is 1. The lowest BCUT2D eigenvalue weighted by atomic mass is 9.88. The quantitative estimate of drug-likeness (QED) is 0.895. The standard InChI is InChI=1S/C16H20N2O2/c1-16(19,10-14-11-20-8-7-17-14)13-5-4-12-3-2-6-18-15(12)9-13/h2-6,9,14,17,19H,7-8,10-11H2,1H3. The summed E-state index contributed by atoms with van der Waals surface area (Å²) in [5, 5.41) is 15.2. The van der Waals surface area contributed by atoms with Crippen LogP contribution in [0.4, 0.5) is 0 Å². The lowest BCUT2D eigenvalue weighted by Gasteiger charge is -2.32. The van der Waals surface area contributed by atoms with Crippen molar-refractivity contribution in [1.29, 1.82) is 0 Å². The van der Waals surface area contributed by atoms with Crippen LogP contribution < -0.4 is 5.32 Å². The maximum Gasteiger partial charge on any atom is 0.0885 e. The first-order valence-electron chi connectivity index (χ1n) is 7.04. The maximum atomic E-state index is 10.8. The third kappa shape index (κ3) is 2.82. The number of rotatable bonds is 3. The monoisotopic (exact) mass is 272 g/mol. The molecule has 0 amide bonds. The van der Waals surface area contributed by atoms with E-state index in [9.17, 15) is 5.11 Å². The second kappa shape index (κ2) is 5.48. The normalized spacial score (nSPS) is 22.6. The lowest BCUT2D eigenvalue weighted by molar-refractivity contribution is 0.00329. The summed E-state index contributed by atoms with van der Waals surface area (Å²) in [6.07, 6.45) is 2.41. The Kier molecular flexibility index (Phi) is 3.70. The topological polar surface area (TPSA) is 54.4 Å². The third-order valence-corrected chi connectivity index (χ3v) is 3.87. The van der Waals surface area contributed by atoms with Crippen LogP contribution in [0, 0.1) is 0 Å². The number of aliphatic hydroxyl groups is 1. The van der Waals surface area contributed by atoms with Crippen LogP contribution in [0.15, 0.2) is 36.5 Å². The smallest absolute Gasteiger partial charge is 0.0885 e. The summed E-state index contributed by atoms with van der Waals surface area (Å²) in [5.41, 5.74) is 0.929. The van der Waals surface area contributed by atoms with Crippen molar-refractivity contribution in [3.63, 3.8) is 0 Å². The Labute approximate surface area is 118 Å². The molecule has 4 heteroatoms. The molecule has 2 heterocycles. The molecule has 4 nitrogen and oxygen atoms in total. The van der Waals surface area contributed by atoms with Gasteiger partial charge in [-0.05, 0) is 31.0 Å². The Morgan fingerprint density at radius 3 is 3.15 bits per heavy atom. The molecule has 1 aromatic heterocycles. The van der Waals surface area contributed by atoms with Crippen molar-refractivity contribution in [2.75, 3.05) is 19.8 Å². The van der Waals surface area contributed by atoms with Crippen LogP contribution >= 0.6 is 0 Å². The number of fused-ring (bicyclic) bond motifs is 1. The van der Waals surface area contributed by atoms with Gasteiger partial charge in [0.05, 0.1) is 24.3 Å². The molecule has 1 saturated heterocycles. The number of morpholine rings is 1. The predicted molar refractivity (Wildman–Crippen MR) is 78.5 cm³/mol. The second-order valence-corrected chi connectivity index (χ2v) is 5.61. The van der Waals surface area contributed by atoms with Crippen molar-refractivity contribution >= 4 is 10.9 Å². The summed E-state index contributed by atoms with van der Waals surface area (Å²) in [6, 6.07) is 10.1. The Balaban J connectivity index is 1.83. The number of benzene rings is 1. The maximum absolute atomic E-state index is 10.8. The first kappa shape index (κ1) is 13.5. The summed E-state index contributed by atoms with van der Waals surface area (Å²) in [6.45, 7) is 4.11. The molecular formula is C16H20N2O2. The Hall–Kier alpha value is -1.49. The first-order valence-corrected chi connectivity index (χ1v) is 7.04. The van der Waals surface area contributed by atoms with E-state index >= 15 is 0 Å². The van der Waals surface area contributed by atoms with Gasteiger partial charge in [-0.15, -0.1) is 0 Å². The van der Waals surface area contributed by atoms with Crippen molar-refractivity contribution in [2.45, 2.75) is 25.0 Å². The van der Waals surface area contributed by atoms with Crippen LogP contribution in [0.1, 0.15) is 18.9 Å². The Morgan fingerprint density at radius 2 is 2.35 bits per heavy atom. The number of aromatic nitrogens is 1. The van der Waals surface area contributed by atoms with E-state index in [4.69, 9.17) is 4.74 Å². The minimum atomic E-state index is -0.885. The highest BCUT2D eigenvalue weighted by atomic mass is 16.5. The van der Waals surface area contributed by atoms with E-state index in [-0.39, 0.29) is 6.04 Å². The van der Waals surface area contributed by atoms with Crippen LogP contribution in [0.2, 0.25) is 0 Å². The number of hydrogen-bond acceptors (Lipinski definition) is 4. The molecule has 1 aromatic carbocycles. The molecule has 0 bridgehead atoms. The molecule has 0 radical (unpaired) electrons. The van der Waals surface area contributed by atoms with Gasteiger partial charge in [0.2, 0.25) is 0 Å². The summed E-state index contributed by atoms with van der Waals surface area (Å²) >= 11 is 0. The van der Waals surface area contributed by atoms with Gasteiger partial charge in [0.25, 0.3) is 0 Å². The molecule has 1 aliphatic heterocycles. The van der Waals surface area contributed by atoms with Crippen molar-refractivity contribution < 1.29 is 9.84 Å². The van der Waals surface area contributed by atoms with E-state index in [2.05, 4.69) is 10.3 Å². The van der Waals surface area contributed by atoms with Gasteiger partial charge in [0.1, 0.15) is 0 Å². The number of pyridine rings is 1. The molecule has 106 valence electrons. The highest BCUT2D eigenvalue weighted by molar-refractivity contribution is 5.79. The minimum Gasteiger partial charge on any atom is -0.385 e. The zero-order chi connectivity index (χ0) is 14.0. The van der Waals surface area contributed by atoms with Gasteiger partial charge in [-0.1, -0.05) is 18.2 Å². The molecule has 20 heavy (non-hydrogen) atoms. The second-order valence-electron chi connectivity index (χ2n) is 5.61. The first-order chi connectivity index (χ1) is 9.65. The average molecular weight is 272 g/mol. The molecule has 2 N–H and O–H groups in total. The fourth-order valence-electron chi connectivity index (χ4n) is 2.75. The van der Waals surface area contributed by atoms with E-state index in [1.165, 1.54) is 0 Å². The molecule has 0 spiro atoms. The molecule has 2 unspecified atom stereocenters. The molecule has 0 saturated carbocycles. The largest absolute Gasteiger partial charge is 0.385 e. The van der Waals surface area contributed by atoms with Crippen molar-refractivity contribution in [1.82, 2.24) is 10.3 Å². The van der Waals surface area contributed by atoms with Crippen LogP contribution in [-0.4, -0.2) is 35.9 Å². The van der Waals surface area contributed by atoms with E-state index in [0.29, 0.717) is 13.0 Å². The van der Waals surface area contributed by atoms with E-state index < -0.39 is 5.60 Å². The summed E-state index contributed by atoms with van der Waals surface area (Å²) in [5.74, 6) is 0. The van der Waals surface area contributed by atoms with Crippen molar-refractivity contribution in [3.8, 4) is 0 Å². The van der Waals surface area contributed by atoms with E-state index in [1.807, 2.05) is 37.3 Å². The fraction of sp³-hybridized carbons (Fsp3) is 0.438. The van der Waals surface area contributed by atoms with Crippen LogP contribution in [0.5, 0.6) is 0 Å². The molecule has 2 atom stereocenters. The summed E-state index contributed by atoms with van der Waals surface area (Å²) in [4.78, 5) is 4.35. The van der Waals surface area contributed by atoms with Gasteiger partial charge in [0, 0.05) is 24.2 Å². The SMILES string of the molecule is CC(O)(CC1COCCN1)c1ccc2cccnc2c1. The number of ether oxygens (including phenoxy) is 1. The number of nitrogens with one attached hydrogen (secondary N) is 1. The molecule has 3 rings (SSSR count). The highest BCUT2D eigenvalue weighted by Gasteiger charge is 2.28. The van der Waals surface area contributed by atoms with Crippen LogP contribution in [-0.2, 0) is 10.3 Å². The Morgan fingerprint density at radius 1 is 1.45 bits per heavy atom. The van der Waals surface area contributed by atoms with Crippen LogP contribution in [0.3, 0.4) is 0 Å². The van der Waals surface area contributed by atoms with E-state index in [1.54, 1.807) is 6.20 Å². The molecule has 0 aliphatic carbocycles. The zero-order valence-electron chi connectivity index (χ0n) is 11.7. The highest BCUT2D eigenvalue weighted by Crippen LogP contribution is 2.28. The minimum absolute atomic E-state index is 0.193. The molecule has 1 aliphatic rings. The van der Waals surface area contributed by atoms with Gasteiger partial charge in [0.15, 0.2) is 0 Å². The van der Waals surface area contributed by atoms with Gasteiger partial charge in [-0.3, -0.25) is 4.98 Å². The van der Waals surface area contributed by atoms with Gasteiger partial charge >= 0.3 is 0 Å². The summed E-state index contributed by atoms with van der Waals surface area (Å²) < 4.78 is 5.45. The Bertz CT molecular complexity index is 592. The molecular weight excluding hydrogens is 252 g/mol. The predicted octanol–water partition coefficient (Wildman–Crippen LogP) is 1.82.